The Morgan fingerprint density at radius 1 is 1.32 bits per heavy atom. The van der Waals surface area contributed by atoms with Crippen LogP contribution in [-0.4, -0.2) is 26.9 Å². The van der Waals surface area contributed by atoms with Crippen LogP contribution in [0.2, 0.25) is 5.02 Å². The van der Waals surface area contributed by atoms with Crippen LogP contribution in [0, 0.1) is 0 Å². The van der Waals surface area contributed by atoms with Crippen molar-refractivity contribution in [1.82, 2.24) is 0 Å². The van der Waals surface area contributed by atoms with E-state index in [0.29, 0.717) is 27.2 Å². The Hall–Kier alpha value is -2.39. The molecule has 1 aliphatic rings. The third-order valence-corrected chi connectivity index (χ3v) is 5.28. The summed E-state index contributed by atoms with van der Waals surface area (Å²) in [6, 6.07) is 10.0. The Balaban J connectivity index is 1.93. The van der Waals surface area contributed by atoms with E-state index in [2.05, 4.69) is 0 Å². The van der Waals surface area contributed by atoms with Gasteiger partial charge in [0.15, 0.2) is 0 Å². The van der Waals surface area contributed by atoms with E-state index in [4.69, 9.17) is 20.3 Å². The van der Waals surface area contributed by atoms with Gasteiger partial charge in [0.1, 0.15) is 28.3 Å². The average Bonchev–Trinajstić information content (AvgIpc) is 3.40. The molecule has 0 aliphatic heterocycles. The standard InChI is InChI=1S/C19H16ClNO6S/c1-21(27-28(24)25)15-9-16-14(8-13(15)10-2-3-10)17(19(22)23)18(26-16)11-4-6-12(20)7-5-11/h4-10H,2-3H2,1H3,(H,22,23)(H,24,25)/p-1. The third kappa shape index (κ3) is 3.51. The zero-order valence-corrected chi connectivity index (χ0v) is 16.2. The minimum atomic E-state index is -2.73. The van der Waals surface area contributed by atoms with Crippen molar-refractivity contribution in [3.05, 3.63) is 52.5 Å². The molecule has 28 heavy (non-hydrogen) atoms. The first-order valence-electron chi connectivity index (χ1n) is 8.46. The van der Waals surface area contributed by atoms with Gasteiger partial charge in [0, 0.05) is 29.1 Å². The zero-order valence-electron chi connectivity index (χ0n) is 14.7. The molecule has 0 saturated heterocycles. The number of aromatic carboxylic acids is 1. The fraction of sp³-hybridized carbons (Fsp3) is 0.211. The lowest BCUT2D eigenvalue weighted by Crippen LogP contribution is -2.20. The number of carboxylic acids is 1. The second kappa shape index (κ2) is 7.21. The Morgan fingerprint density at radius 3 is 2.57 bits per heavy atom. The summed E-state index contributed by atoms with van der Waals surface area (Å²) in [7, 11) is 1.48. The first-order valence-corrected chi connectivity index (χ1v) is 9.84. The number of benzene rings is 2. The van der Waals surface area contributed by atoms with E-state index in [9.17, 15) is 18.7 Å². The number of hydrogen-bond donors (Lipinski definition) is 1. The van der Waals surface area contributed by atoms with Gasteiger partial charge in [-0.25, -0.2) is 14.1 Å². The number of furan rings is 1. The van der Waals surface area contributed by atoms with Gasteiger partial charge in [0.25, 0.3) is 0 Å². The van der Waals surface area contributed by atoms with E-state index >= 15 is 0 Å². The molecule has 0 amide bonds. The van der Waals surface area contributed by atoms with Crippen molar-refractivity contribution in [3.8, 4) is 11.3 Å². The molecule has 1 heterocycles. The molecule has 1 N–H and O–H groups in total. The topological polar surface area (TPSA) is 103 Å². The van der Waals surface area contributed by atoms with Gasteiger partial charge in [-0.05, 0) is 54.7 Å². The maximum Gasteiger partial charge on any atom is 0.340 e. The fourth-order valence-corrected chi connectivity index (χ4v) is 3.68. The van der Waals surface area contributed by atoms with E-state index < -0.39 is 17.3 Å². The van der Waals surface area contributed by atoms with Gasteiger partial charge in [-0.15, -0.1) is 0 Å². The van der Waals surface area contributed by atoms with Crippen LogP contribution in [0.3, 0.4) is 0 Å². The molecule has 1 saturated carbocycles. The molecule has 1 unspecified atom stereocenters. The lowest BCUT2D eigenvalue weighted by atomic mass is 10.0. The molecule has 3 aromatic rings. The fourth-order valence-electron chi connectivity index (χ4n) is 3.29. The number of hydrogen-bond acceptors (Lipinski definition) is 6. The molecule has 9 heteroatoms. The molecule has 0 bridgehead atoms. The van der Waals surface area contributed by atoms with Crippen LogP contribution in [0.4, 0.5) is 5.69 Å². The summed E-state index contributed by atoms with van der Waals surface area (Å²) in [5.74, 6) is -0.668. The Kier molecular flexibility index (Phi) is 4.88. The van der Waals surface area contributed by atoms with Crippen molar-refractivity contribution in [1.29, 1.82) is 0 Å². The maximum absolute atomic E-state index is 12.0. The number of hydroxylamine groups is 1. The summed E-state index contributed by atoms with van der Waals surface area (Å²) in [6.45, 7) is 0. The van der Waals surface area contributed by atoms with Crippen LogP contribution in [0.15, 0.2) is 40.8 Å². The highest BCUT2D eigenvalue weighted by Crippen LogP contribution is 2.47. The summed E-state index contributed by atoms with van der Waals surface area (Å²) in [4.78, 5) is 12.0. The number of carbonyl (C=O) groups is 1. The predicted molar refractivity (Wildman–Crippen MR) is 104 cm³/mol. The number of nitrogens with zero attached hydrogens (tertiary/aromatic N) is 1. The molecule has 1 aromatic heterocycles. The van der Waals surface area contributed by atoms with Crippen LogP contribution < -0.4 is 5.06 Å². The molecular weight excluding hydrogens is 406 g/mol. The Morgan fingerprint density at radius 2 is 2.00 bits per heavy atom. The summed E-state index contributed by atoms with van der Waals surface area (Å²) >= 11 is 3.19. The van der Waals surface area contributed by atoms with Crippen molar-refractivity contribution in [3.63, 3.8) is 0 Å². The molecule has 4 rings (SSSR count). The van der Waals surface area contributed by atoms with E-state index in [1.807, 2.05) is 0 Å². The van der Waals surface area contributed by atoms with Crippen molar-refractivity contribution in [2.45, 2.75) is 18.8 Å². The van der Waals surface area contributed by atoms with Crippen LogP contribution in [0.25, 0.3) is 22.3 Å². The van der Waals surface area contributed by atoms with Gasteiger partial charge in [-0.3, -0.25) is 0 Å². The highest BCUT2D eigenvalue weighted by atomic mass is 35.5. The summed E-state index contributed by atoms with van der Waals surface area (Å²) in [5, 5.41) is 11.9. The zero-order chi connectivity index (χ0) is 20.0. The largest absolute Gasteiger partial charge is 0.748 e. The van der Waals surface area contributed by atoms with Gasteiger partial charge >= 0.3 is 5.97 Å². The first-order chi connectivity index (χ1) is 13.3. The highest BCUT2D eigenvalue weighted by Gasteiger charge is 2.31. The number of rotatable bonds is 6. The van der Waals surface area contributed by atoms with E-state index in [-0.39, 0.29) is 17.2 Å². The van der Waals surface area contributed by atoms with Gasteiger partial charge in [-0.2, -0.15) is 4.28 Å². The Bertz CT molecular complexity index is 1090. The molecule has 2 aromatic carbocycles. The van der Waals surface area contributed by atoms with Crippen LogP contribution >= 0.6 is 11.6 Å². The van der Waals surface area contributed by atoms with Gasteiger partial charge in [0.2, 0.25) is 0 Å². The van der Waals surface area contributed by atoms with Crippen LogP contribution in [0.1, 0.15) is 34.7 Å². The van der Waals surface area contributed by atoms with Gasteiger partial charge in [0.05, 0.1) is 5.69 Å². The van der Waals surface area contributed by atoms with Gasteiger partial charge in [-0.1, -0.05) is 11.6 Å². The molecule has 1 fully saturated rings. The molecule has 1 aliphatic carbocycles. The molecular formula is C19H15ClNO6S-. The molecule has 1 atom stereocenters. The monoisotopic (exact) mass is 420 g/mol. The normalized spacial score (nSPS) is 15.0. The summed E-state index contributed by atoms with van der Waals surface area (Å²) in [5.41, 5.74) is 2.31. The summed E-state index contributed by atoms with van der Waals surface area (Å²) < 4.78 is 32.5. The molecule has 7 nitrogen and oxygen atoms in total. The van der Waals surface area contributed by atoms with E-state index in [1.165, 1.54) is 7.05 Å². The second-order valence-electron chi connectivity index (χ2n) is 6.58. The average molecular weight is 421 g/mol. The number of carboxylic acid groups (broad SMARTS) is 1. The highest BCUT2D eigenvalue weighted by molar-refractivity contribution is 7.74. The van der Waals surface area contributed by atoms with E-state index in [0.717, 1.165) is 23.5 Å². The van der Waals surface area contributed by atoms with Crippen LogP contribution in [0.5, 0.6) is 0 Å². The maximum atomic E-state index is 12.0. The van der Waals surface area contributed by atoms with Crippen molar-refractivity contribution in [2.75, 3.05) is 12.1 Å². The van der Waals surface area contributed by atoms with Crippen molar-refractivity contribution >= 4 is 45.6 Å². The lowest BCUT2D eigenvalue weighted by molar-refractivity contribution is 0.0699. The summed E-state index contributed by atoms with van der Waals surface area (Å²) in [6.07, 6.45) is 1.88. The van der Waals surface area contributed by atoms with E-state index in [1.54, 1.807) is 36.4 Å². The lowest BCUT2D eigenvalue weighted by Gasteiger charge is -2.22. The predicted octanol–water partition coefficient (Wildman–Crippen LogP) is 4.49. The van der Waals surface area contributed by atoms with Gasteiger partial charge < -0.3 is 14.1 Å². The second-order valence-corrected chi connectivity index (χ2v) is 7.57. The Labute approximate surface area is 167 Å². The smallest absolute Gasteiger partial charge is 0.340 e. The first kappa shape index (κ1) is 18.9. The number of anilines is 1. The minimum absolute atomic E-state index is 0.0572. The van der Waals surface area contributed by atoms with Crippen LogP contribution in [-0.2, 0) is 15.6 Å². The molecule has 0 spiro atoms. The minimum Gasteiger partial charge on any atom is -0.748 e. The molecule has 146 valence electrons. The van der Waals surface area contributed by atoms with Crippen molar-refractivity contribution < 1.29 is 27.4 Å². The number of halogens is 1. The molecule has 0 radical (unpaired) electrons. The third-order valence-electron chi connectivity index (χ3n) is 4.69. The van der Waals surface area contributed by atoms with Crippen molar-refractivity contribution in [2.24, 2.45) is 0 Å². The quantitative estimate of drug-likeness (QED) is 0.462. The number of fused-ring (bicyclic) bond motifs is 1. The SMILES string of the molecule is CN(OS(=O)[O-])c1cc2oc(-c3ccc(Cl)cc3)c(C(=O)O)c2cc1C1CC1.